The molecule has 0 atom stereocenters. The molecular formula is C19H18ClNO2. The van der Waals surface area contributed by atoms with Crippen LogP contribution in [0.25, 0.3) is 11.6 Å². The molecule has 1 heterocycles. The van der Waals surface area contributed by atoms with Gasteiger partial charge in [-0.3, -0.25) is 4.79 Å². The highest BCUT2D eigenvalue weighted by Gasteiger charge is 2.21. The van der Waals surface area contributed by atoms with Crippen LogP contribution >= 0.6 is 11.6 Å². The van der Waals surface area contributed by atoms with Gasteiger partial charge in [0.15, 0.2) is 0 Å². The third-order valence-corrected chi connectivity index (χ3v) is 4.16. The van der Waals surface area contributed by atoms with E-state index in [1.807, 2.05) is 65.6 Å². The van der Waals surface area contributed by atoms with Crippen LogP contribution in [0, 0.1) is 0 Å². The zero-order chi connectivity index (χ0) is 16.1. The Kier molecular flexibility index (Phi) is 5.11. The van der Waals surface area contributed by atoms with E-state index in [9.17, 15) is 4.79 Å². The molecule has 2 aromatic carbocycles. The van der Waals surface area contributed by atoms with Crippen LogP contribution < -0.4 is 0 Å². The molecule has 1 saturated heterocycles. The summed E-state index contributed by atoms with van der Waals surface area (Å²) >= 11 is 6.26. The van der Waals surface area contributed by atoms with E-state index in [1.165, 1.54) is 0 Å². The predicted molar refractivity (Wildman–Crippen MR) is 93.2 cm³/mol. The number of nitrogens with zero attached hydrogens (tertiary/aromatic N) is 1. The average Bonchev–Trinajstić information content (AvgIpc) is 2.62. The molecule has 118 valence electrons. The van der Waals surface area contributed by atoms with Crippen molar-refractivity contribution in [3.63, 3.8) is 0 Å². The van der Waals surface area contributed by atoms with Crippen molar-refractivity contribution in [3.8, 4) is 0 Å². The van der Waals surface area contributed by atoms with Crippen LogP contribution in [0.4, 0.5) is 0 Å². The Balaban J connectivity index is 2.00. The first-order valence-corrected chi connectivity index (χ1v) is 8.02. The number of halogens is 1. The zero-order valence-corrected chi connectivity index (χ0v) is 13.5. The van der Waals surface area contributed by atoms with Crippen LogP contribution in [0.2, 0.25) is 5.02 Å². The molecule has 1 fully saturated rings. The number of hydrogen-bond donors (Lipinski definition) is 0. The topological polar surface area (TPSA) is 29.5 Å². The zero-order valence-electron chi connectivity index (χ0n) is 12.7. The smallest absolute Gasteiger partial charge is 0.254 e. The Bertz CT molecular complexity index is 706. The second-order valence-corrected chi connectivity index (χ2v) is 5.76. The number of carbonyl (C=O) groups is 1. The minimum Gasteiger partial charge on any atom is -0.378 e. The van der Waals surface area contributed by atoms with Gasteiger partial charge in [0.05, 0.1) is 13.2 Å². The van der Waals surface area contributed by atoms with Gasteiger partial charge in [0.1, 0.15) is 0 Å². The third-order valence-electron chi connectivity index (χ3n) is 3.82. The lowest BCUT2D eigenvalue weighted by Crippen LogP contribution is -2.41. The van der Waals surface area contributed by atoms with Gasteiger partial charge in [-0.2, -0.15) is 0 Å². The van der Waals surface area contributed by atoms with E-state index in [1.54, 1.807) is 0 Å². The van der Waals surface area contributed by atoms with Gasteiger partial charge in [-0.15, -0.1) is 0 Å². The van der Waals surface area contributed by atoms with Crippen molar-refractivity contribution in [1.82, 2.24) is 4.90 Å². The number of benzene rings is 2. The van der Waals surface area contributed by atoms with E-state index in [0.29, 0.717) is 36.9 Å². The lowest BCUT2D eigenvalue weighted by atomic mass is 10.0. The monoisotopic (exact) mass is 327 g/mol. The highest BCUT2D eigenvalue weighted by Crippen LogP contribution is 2.25. The van der Waals surface area contributed by atoms with Crippen molar-refractivity contribution in [2.45, 2.75) is 0 Å². The van der Waals surface area contributed by atoms with Gasteiger partial charge < -0.3 is 9.64 Å². The Labute approximate surface area is 141 Å². The molecule has 1 aliphatic rings. The van der Waals surface area contributed by atoms with E-state index in [-0.39, 0.29) is 5.91 Å². The maximum atomic E-state index is 13.0. The quantitative estimate of drug-likeness (QED) is 0.635. The molecule has 3 nitrogen and oxygen atoms in total. The molecule has 0 unspecified atom stereocenters. The van der Waals surface area contributed by atoms with Gasteiger partial charge in [-0.25, -0.2) is 0 Å². The van der Waals surface area contributed by atoms with Gasteiger partial charge in [0.2, 0.25) is 0 Å². The molecule has 1 aliphatic heterocycles. The Morgan fingerprint density at radius 3 is 2.35 bits per heavy atom. The molecular weight excluding hydrogens is 310 g/mol. The summed E-state index contributed by atoms with van der Waals surface area (Å²) in [7, 11) is 0. The van der Waals surface area contributed by atoms with Crippen LogP contribution in [0.1, 0.15) is 11.1 Å². The Hall–Kier alpha value is -2.10. The van der Waals surface area contributed by atoms with Gasteiger partial charge in [-0.1, -0.05) is 60.1 Å². The molecule has 4 heteroatoms. The van der Waals surface area contributed by atoms with E-state index in [0.717, 1.165) is 11.1 Å². The first-order valence-electron chi connectivity index (χ1n) is 7.64. The van der Waals surface area contributed by atoms with Crippen LogP contribution in [0.5, 0.6) is 0 Å². The summed E-state index contributed by atoms with van der Waals surface area (Å²) in [6.45, 7) is 2.40. The fourth-order valence-corrected chi connectivity index (χ4v) is 2.76. The largest absolute Gasteiger partial charge is 0.378 e. The fourth-order valence-electron chi connectivity index (χ4n) is 2.57. The van der Waals surface area contributed by atoms with Crippen molar-refractivity contribution in [1.29, 1.82) is 0 Å². The third kappa shape index (κ3) is 3.81. The standard InChI is InChI=1S/C19H18ClNO2/c20-18-9-5-4-8-16(18)14-17(15-6-2-1-3-7-15)19(22)21-10-12-23-13-11-21/h1-9,14H,10-13H2/b17-14+. The average molecular weight is 328 g/mol. The fraction of sp³-hybridized carbons (Fsp3) is 0.211. The highest BCUT2D eigenvalue weighted by atomic mass is 35.5. The van der Waals surface area contributed by atoms with Crippen molar-refractivity contribution in [2.24, 2.45) is 0 Å². The van der Waals surface area contributed by atoms with E-state index >= 15 is 0 Å². The van der Waals surface area contributed by atoms with Crippen molar-refractivity contribution in [3.05, 3.63) is 70.7 Å². The summed E-state index contributed by atoms with van der Waals surface area (Å²) in [6.07, 6.45) is 1.87. The van der Waals surface area contributed by atoms with E-state index in [4.69, 9.17) is 16.3 Å². The Morgan fingerprint density at radius 2 is 1.65 bits per heavy atom. The minimum atomic E-state index is 0.0134. The number of ether oxygens (including phenoxy) is 1. The van der Waals surface area contributed by atoms with Crippen LogP contribution in [-0.4, -0.2) is 37.1 Å². The second kappa shape index (κ2) is 7.44. The Morgan fingerprint density at radius 1 is 1.00 bits per heavy atom. The summed E-state index contributed by atoms with van der Waals surface area (Å²) in [6, 6.07) is 17.2. The van der Waals surface area contributed by atoms with Crippen molar-refractivity contribution >= 4 is 29.2 Å². The summed E-state index contributed by atoms with van der Waals surface area (Å²) in [4.78, 5) is 14.8. The lowest BCUT2D eigenvalue weighted by Gasteiger charge is -2.28. The van der Waals surface area contributed by atoms with Gasteiger partial charge in [0.25, 0.3) is 5.91 Å². The molecule has 0 radical (unpaired) electrons. The molecule has 23 heavy (non-hydrogen) atoms. The maximum absolute atomic E-state index is 13.0. The minimum absolute atomic E-state index is 0.0134. The second-order valence-electron chi connectivity index (χ2n) is 5.35. The number of hydrogen-bond acceptors (Lipinski definition) is 2. The van der Waals surface area contributed by atoms with E-state index < -0.39 is 0 Å². The summed E-state index contributed by atoms with van der Waals surface area (Å²) < 4.78 is 5.34. The predicted octanol–water partition coefficient (Wildman–Crippen LogP) is 3.74. The van der Waals surface area contributed by atoms with Gasteiger partial charge in [0, 0.05) is 23.7 Å². The molecule has 0 bridgehead atoms. The molecule has 2 aromatic rings. The van der Waals surface area contributed by atoms with Crippen molar-refractivity contribution in [2.75, 3.05) is 26.3 Å². The number of carbonyl (C=O) groups excluding carboxylic acids is 1. The first-order chi connectivity index (χ1) is 11.3. The molecule has 3 rings (SSSR count). The van der Waals surface area contributed by atoms with Crippen molar-refractivity contribution < 1.29 is 9.53 Å². The van der Waals surface area contributed by atoms with Crippen LogP contribution in [0.3, 0.4) is 0 Å². The van der Waals surface area contributed by atoms with E-state index in [2.05, 4.69) is 0 Å². The number of amides is 1. The van der Waals surface area contributed by atoms with Gasteiger partial charge >= 0.3 is 0 Å². The number of morpholine rings is 1. The maximum Gasteiger partial charge on any atom is 0.254 e. The lowest BCUT2D eigenvalue weighted by molar-refractivity contribution is -0.128. The summed E-state index contributed by atoms with van der Waals surface area (Å²) in [5.74, 6) is 0.0134. The summed E-state index contributed by atoms with van der Waals surface area (Å²) in [5, 5.41) is 0.635. The molecule has 0 aliphatic carbocycles. The summed E-state index contributed by atoms with van der Waals surface area (Å²) in [5.41, 5.74) is 2.39. The van der Waals surface area contributed by atoms with Crippen LogP contribution in [0.15, 0.2) is 54.6 Å². The van der Waals surface area contributed by atoms with Crippen LogP contribution in [-0.2, 0) is 9.53 Å². The highest BCUT2D eigenvalue weighted by molar-refractivity contribution is 6.33. The normalized spacial score (nSPS) is 15.5. The van der Waals surface area contributed by atoms with Gasteiger partial charge in [-0.05, 0) is 23.3 Å². The molecule has 0 N–H and O–H groups in total. The SMILES string of the molecule is O=C(/C(=C/c1ccccc1Cl)c1ccccc1)N1CCOCC1. The first kappa shape index (κ1) is 15.8. The molecule has 0 aromatic heterocycles. The molecule has 1 amide bonds. The number of rotatable bonds is 3. The molecule has 0 saturated carbocycles. The molecule has 0 spiro atoms.